The van der Waals surface area contributed by atoms with E-state index in [0.717, 1.165) is 12.2 Å². The monoisotopic (exact) mass is 232 g/mol. The highest BCUT2D eigenvalue weighted by Gasteiger charge is 2.18. The van der Waals surface area contributed by atoms with E-state index in [1.54, 1.807) is 13.0 Å². The highest BCUT2D eigenvalue weighted by Crippen LogP contribution is 2.24. The minimum absolute atomic E-state index is 0.116. The van der Waals surface area contributed by atoms with Crippen LogP contribution in [0.15, 0.2) is 36.5 Å². The third-order valence-corrected chi connectivity index (χ3v) is 2.87. The molecule has 3 heteroatoms. The summed E-state index contributed by atoms with van der Waals surface area (Å²) in [6.07, 6.45) is 1.85. The van der Waals surface area contributed by atoms with E-state index in [9.17, 15) is 4.39 Å². The van der Waals surface area contributed by atoms with Crippen molar-refractivity contribution in [3.63, 3.8) is 0 Å². The molecule has 2 rings (SSSR count). The Bertz CT molecular complexity index is 477. The van der Waals surface area contributed by atoms with Crippen LogP contribution in [-0.2, 0) is 0 Å². The predicted octanol–water partition coefficient (Wildman–Crippen LogP) is 3.16. The zero-order valence-corrected chi connectivity index (χ0v) is 10.1. The SMILES string of the molecule is CCNC(c1ccc[nH]1)c1cccc(C)c1F. The Balaban J connectivity index is 2.43. The fourth-order valence-corrected chi connectivity index (χ4v) is 2.01. The Labute approximate surface area is 101 Å². The van der Waals surface area contributed by atoms with Crippen molar-refractivity contribution in [2.24, 2.45) is 0 Å². The average molecular weight is 232 g/mol. The lowest BCUT2D eigenvalue weighted by molar-refractivity contribution is 0.548. The lowest BCUT2D eigenvalue weighted by atomic mass is 10.0. The molecule has 1 atom stereocenters. The van der Waals surface area contributed by atoms with Gasteiger partial charge < -0.3 is 10.3 Å². The van der Waals surface area contributed by atoms with Crippen molar-refractivity contribution in [2.75, 3.05) is 6.54 Å². The summed E-state index contributed by atoms with van der Waals surface area (Å²) < 4.78 is 14.1. The number of rotatable bonds is 4. The largest absolute Gasteiger partial charge is 0.363 e. The van der Waals surface area contributed by atoms with Crippen molar-refractivity contribution >= 4 is 0 Å². The van der Waals surface area contributed by atoms with Gasteiger partial charge in [0.05, 0.1) is 6.04 Å². The second-order valence-corrected chi connectivity index (χ2v) is 4.09. The topological polar surface area (TPSA) is 27.8 Å². The van der Waals surface area contributed by atoms with E-state index in [1.165, 1.54) is 0 Å². The molecule has 1 aromatic heterocycles. The second-order valence-electron chi connectivity index (χ2n) is 4.09. The van der Waals surface area contributed by atoms with E-state index in [-0.39, 0.29) is 11.9 Å². The smallest absolute Gasteiger partial charge is 0.131 e. The van der Waals surface area contributed by atoms with Crippen LogP contribution in [0.1, 0.15) is 29.8 Å². The van der Waals surface area contributed by atoms with Crippen molar-refractivity contribution in [2.45, 2.75) is 19.9 Å². The summed E-state index contributed by atoms with van der Waals surface area (Å²) in [7, 11) is 0. The highest BCUT2D eigenvalue weighted by atomic mass is 19.1. The summed E-state index contributed by atoms with van der Waals surface area (Å²) in [6.45, 7) is 4.59. The Morgan fingerprint density at radius 1 is 1.29 bits per heavy atom. The van der Waals surface area contributed by atoms with E-state index in [4.69, 9.17) is 0 Å². The first kappa shape index (κ1) is 11.9. The van der Waals surface area contributed by atoms with Crippen LogP contribution in [0.2, 0.25) is 0 Å². The first-order valence-electron chi connectivity index (χ1n) is 5.85. The molecule has 0 aliphatic carbocycles. The van der Waals surface area contributed by atoms with Gasteiger partial charge >= 0.3 is 0 Å². The van der Waals surface area contributed by atoms with Crippen LogP contribution in [0.25, 0.3) is 0 Å². The average Bonchev–Trinajstić information content (AvgIpc) is 2.84. The molecule has 0 aliphatic heterocycles. The number of aromatic amines is 1. The van der Waals surface area contributed by atoms with Crippen LogP contribution in [0.5, 0.6) is 0 Å². The molecule has 0 aliphatic rings. The van der Waals surface area contributed by atoms with E-state index < -0.39 is 0 Å². The van der Waals surface area contributed by atoms with E-state index in [1.807, 2.05) is 37.4 Å². The summed E-state index contributed by atoms with van der Waals surface area (Å²) in [6, 6.07) is 9.28. The Kier molecular flexibility index (Phi) is 3.59. The molecule has 1 unspecified atom stereocenters. The van der Waals surface area contributed by atoms with Gasteiger partial charge in [-0.2, -0.15) is 0 Å². The number of H-pyrrole nitrogens is 1. The Hall–Kier alpha value is -1.61. The predicted molar refractivity (Wildman–Crippen MR) is 67.4 cm³/mol. The van der Waals surface area contributed by atoms with Gasteiger partial charge in [-0.15, -0.1) is 0 Å². The molecular weight excluding hydrogens is 215 g/mol. The van der Waals surface area contributed by atoms with Crippen LogP contribution in [0, 0.1) is 12.7 Å². The number of aryl methyl sites for hydroxylation is 1. The van der Waals surface area contributed by atoms with Gasteiger partial charge in [0.25, 0.3) is 0 Å². The molecule has 1 heterocycles. The van der Waals surface area contributed by atoms with Gasteiger partial charge in [0.2, 0.25) is 0 Å². The van der Waals surface area contributed by atoms with Gasteiger partial charge in [-0.1, -0.05) is 25.1 Å². The van der Waals surface area contributed by atoms with Gasteiger partial charge in [-0.05, 0) is 31.2 Å². The molecule has 2 N–H and O–H groups in total. The van der Waals surface area contributed by atoms with Gasteiger partial charge in [0.1, 0.15) is 5.82 Å². The molecule has 90 valence electrons. The Morgan fingerprint density at radius 3 is 2.76 bits per heavy atom. The standard InChI is InChI=1S/C14H17FN2/c1-3-16-14(12-8-5-9-17-12)11-7-4-6-10(2)13(11)15/h4-9,14,16-17H,3H2,1-2H3. The van der Waals surface area contributed by atoms with Gasteiger partial charge in [0.15, 0.2) is 0 Å². The van der Waals surface area contributed by atoms with Gasteiger partial charge in [0, 0.05) is 17.5 Å². The number of hydrogen-bond acceptors (Lipinski definition) is 1. The first-order valence-corrected chi connectivity index (χ1v) is 5.85. The Morgan fingerprint density at radius 2 is 2.12 bits per heavy atom. The number of halogens is 1. The maximum absolute atomic E-state index is 14.1. The van der Waals surface area contributed by atoms with Crippen molar-refractivity contribution in [3.05, 3.63) is 59.2 Å². The summed E-state index contributed by atoms with van der Waals surface area (Å²) in [5.41, 5.74) is 2.35. The third-order valence-electron chi connectivity index (χ3n) is 2.87. The fraction of sp³-hybridized carbons (Fsp3) is 0.286. The minimum Gasteiger partial charge on any atom is -0.363 e. The van der Waals surface area contributed by atoms with Crippen molar-refractivity contribution in [1.29, 1.82) is 0 Å². The number of nitrogens with one attached hydrogen (secondary N) is 2. The molecule has 0 spiro atoms. The summed E-state index contributed by atoms with van der Waals surface area (Å²) >= 11 is 0. The van der Waals surface area contributed by atoms with Crippen molar-refractivity contribution in [3.8, 4) is 0 Å². The normalized spacial score (nSPS) is 12.6. The molecule has 2 nitrogen and oxygen atoms in total. The van der Waals surface area contributed by atoms with Crippen LogP contribution in [0.3, 0.4) is 0 Å². The third kappa shape index (κ3) is 2.39. The molecule has 17 heavy (non-hydrogen) atoms. The van der Waals surface area contributed by atoms with Crippen molar-refractivity contribution < 1.29 is 4.39 Å². The quantitative estimate of drug-likeness (QED) is 0.832. The second kappa shape index (κ2) is 5.15. The lowest BCUT2D eigenvalue weighted by Gasteiger charge is -2.18. The van der Waals surface area contributed by atoms with E-state index in [2.05, 4.69) is 10.3 Å². The minimum atomic E-state index is -0.131. The molecule has 0 fully saturated rings. The molecule has 2 aromatic rings. The molecule has 0 saturated heterocycles. The fourth-order valence-electron chi connectivity index (χ4n) is 2.01. The number of hydrogen-bond donors (Lipinski definition) is 2. The molecule has 0 bridgehead atoms. The summed E-state index contributed by atoms with van der Waals surface area (Å²) in [4.78, 5) is 3.14. The maximum atomic E-state index is 14.1. The molecule has 1 aromatic carbocycles. The van der Waals surface area contributed by atoms with Crippen LogP contribution in [-0.4, -0.2) is 11.5 Å². The van der Waals surface area contributed by atoms with Crippen LogP contribution >= 0.6 is 0 Å². The van der Waals surface area contributed by atoms with Gasteiger partial charge in [-0.25, -0.2) is 4.39 Å². The summed E-state index contributed by atoms with van der Waals surface area (Å²) in [5.74, 6) is -0.131. The molecule has 0 saturated carbocycles. The van der Waals surface area contributed by atoms with Crippen LogP contribution < -0.4 is 5.32 Å². The van der Waals surface area contributed by atoms with E-state index >= 15 is 0 Å². The highest BCUT2D eigenvalue weighted by molar-refractivity contribution is 5.32. The number of benzene rings is 1. The first-order chi connectivity index (χ1) is 8.24. The number of aromatic nitrogens is 1. The molecular formula is C14H17FN2. The van der Waals surface area contributed by atoms with Crippen LogP contribution in [0.4, 0.5) is 4.39 Å². The zero-order chi connectivity index (χ0) is 12.3. The molecule has 0 radical (unpaired) electrons. The molecule has 0 amide bonds. The summed E-state index contributed by atoms with van der Waals surface area (Å²) in [5, 5.41) is 3.30. The zero-order valence-electron chi connectivity index (χ0n) is 10.1. The van der Waals surface area contributed by atoms with Crippen molar-refractivity contribution in [1.82, 2.24) is 10.3 Å². The van der Waals surface area contributed by atoms with E-state index in [0.29, 0.717) is 11.1 Å². The lowest BCUT2D eigenvalue weighted by Crippen LogP contribution is -2.23. The van der Waals surface area contributed by atoms with Gasteiger partial charge in [-0.3, -0.25) is 0 Å². The maximum Gasteiger partial charge on any atom is 0.131 e.